The fraction of sp³-hybridized carbons (Fsp3) is 0.450. The van der Waals surface area contributed by atoms with Gasteiger partial charge in [0.1, 0.15) is 17.7 Å². The second kappa shape index (κ2) is 6.37. The number of piperidine rings is 3. The molecule has 3 aliphatic heterocycles. The molecule has 3 nitrogen and oxygen atoms in total. The molecule has 2 bridgehead atoms. The highest BCUT2D eigenvalue weighted by molar-refractivity contribution is 5.64. The van der Waals surface area contributed by atoms with Crippen molar-refractivity contribution in [1.82, 2.24) is 9.88 Å². The van der Waals surface area contributed by atoms with Crippen molar-refractivity contribution in [2.75, 3.05) is 13.1 Å². The smallest absolute Gasteiger partial charge is 0.213 e. The Morgan fingerprint density at radius 1 is 1.12 bits per heavy atom. The summed E-state index contributed by atoms with van der Waals surface area (Å²) in [6.45, 7) is 6.05. The van der Waals surface area contributed by atoms with Crippen LogP contribution in [-0.4, -0.2) is 35.1 Å². The SMILES string of the molecule is Cc1cc(F)c(-c2ccc(O[C@@H]3C4CCN(CC4)[C@H]3C)nc2)cc1F. The summed E-state index contributed by atoms with van der Waals surface area (Å²) < 4.78 is 34.0. The number of ether oxygens (including phenoxy) is 1. The minimum Gasteiger partial charge on any atom is -0.472 e. The molecule has 1 aromatic heterocycles. The maximum atomic E-state index is 14.1. The molecule has 5 rings (SSSR count). The molecule has 4 heterocycles. The molecule has 2 aromatic rings. The average molecular weight is 344 g/mol. The Labute approximate surface area is 146 Å². The standard InChI is InChI=1S/C20H22F2N2O/c1-12-9-18(22)16(10-17(12)21)15-3-4-19(23-11-15)25-20-13(2)24-7-5-14(20)6-8-24/h3-4,9-11,13-14,20H,5-8H2,1-2H3/t13-,20-/m0/s1. The van der Waals surface area contributed by atoms with Gasteiger partial charge >= 0.3 is 0 Å². The third kappa shape index (κ3) is 3.01. The van der Waals surface area contributed by atoms with Crippen LogP contribution in [0.3, 0.4) is 0 Å². The molecular weight excluding hydrogens is 322 g/mol. The third-order valence-corrected chi connectivity index (χ3v) is 5.64. The zero-order chi connectivity index (χ0) is 17.6. The van der Waals surface area contributed by atoms with Gasteiger partial charge in [0.15, 0.2) is 0 Å². The van der Waals surface area contributed by atoms with Crippen LogP contribution >= 0.6 is 0 Å². The number of aromatic nitrogens is 1. The first-order chi connectivity index (χ1) is 12.0. The summed E-state index contributed by atoms with van der Waals surface area (Å²) >= 11 is 0. The van der Waals surface area contributed by atoms with Crippen LogP contribution in [-0.2, 0) is 0 Å². The highest BCUT2D eigenvalue weighted by Crippen LogP contribution is 2.35. The van der Waals surface area contributed by atoms with Gasteiger partial charge in [-0.1, -0.05) is 0 Å². The Balaban J connectivity index is 1.54. The largest absolute Gasteiger partial charge is 0.472 e. The number of hydrogen-bond donors (Lipinski definition) is 0. The van der Waals surface area contributed by atoms with E-state index < -0.39 is 11.6 Å². The van der Waals surface area contributed by atoms with E-state index in [2.05, 4.69) is 16.8 Å². The van der Waals surface area contributed by atoms with Gasteiger partial charge in [0.25, 0.3) is 0 Å². The Kier molecular flexibility index (Phi) is 4.20. The number of benzene rings is 1. The van der Waals surface area contributed by atoms with E-state index in [4.69, 9.17) is 4.74 Å². The molecule has 0 amide bonds. The van der Waals surface area contributed by atoms with E-state index in [1.807, 2.05) is 0 Å². The molecule has 0 spiro atoms. The lowest BCUT2D eigenvalue weighted by Gasteiger charge is -2.49. The van der Waals surface area contributed by atoms with Crippen LogP contribution in [0.4, 0.5) is 8.78 Å². The van der Waals surface area contributed by atoms with E-state index >= 15 is 0 Å². The predicted octanol–water partition coefficient (Wildman–Crippen LogP) is 4.20. The van der Waals surface area contributed by atoms with Gasteiger partial charge in [-0.2, -0.15) is 0 Å². The molecule has 3 saturated heterocycles. The van der Waals surface area contributed by atoms with E-state index in [0.29, 0.717) is 29.0 Å². The van der Waals surface area contributed by atoms with Gasteiger partial charge in [-0.05, 0) is 69.5 Å². The number of nitrogens with zero attached hydrogens (tertiary/aromatic N) is 2. The summed E-state index contributed by atoms with van der Waals surface area (Å²) in [5.74, 6) is 0.255. The number of aryl methyl sites for hydroxylation is 1. The lowest BCUT2D eigenvalue weighted by molar-refractivity contribution is -0.0525. The zero-order valence-electron chi connectivity index (χ0n) is 14.5. The topological polar surface area (TPSA) is 25.4 Å². The summed E-state index contributed by atoms with van der Waals surface area (Å²) in [5, 5.41) is 0. The summed E-state index contributed by atoms with van der Waals surface area (Å²) in [6, 6.07) is 6.30. The van der Waals surface area contributed by atoms with Crippen molar-refractivity contribution in [2.24, 2.45) is 5.92 Å². The van der Waals surface area contributed by atoms with Crippen LogP contribution in [0.15, 0.2) is 30.5 Å². The fourth-order valence-electron chi connectivity index (χ4n) is 4.07. The second-order valence-corrected chi connectivity index (χ2v) is 7.16. The first-order valence-corrected chi connectivity index (χ1v) is 8.85. The van der Waals surface area contributed by atoms with Crippen molar-refractivity contribution in [1.29, 1.82) is 0 Å². The van der Waals surface area contributed by atoms with Gasteiger partial charge in [-0.25, -0.2) is 13.8 Å². The van der Waals surface area contributed by atoms with Crippen molar-refractivity contribution >= 4 is 0 Å². The zero-order valence-corrected chi connectivity index (χ0v) is 14.5. The Bertz CT molecular complexity index is 768. The highest BCUT2D eigenvalue weighted by Gasteiger charge is 2.41. The molecule has 1 aromatic carbocycles. The number of hydrogen-bond acceptors (Lipinski definition) is 3. The van der Waals surface area contributed by atoms with Crippen LogP contribution in [0, 0.1) is 24.5 Å². The molecular formula is C20H22F2N2O. The van der Waals surface area contributed by atoms with Gasteiger partial charge in [-0.3, -0.25) is 4.90 Å². The Hall–Kier alpha value is -2.01. The van der Waals surface area contributed by atoms with Crippen molar-refractivity contribution < 1.29 is 13.5 Å². The summed E-state index contributed by atoms with van der Waals surface area (Å²) in [5.41, 5.74) is 1.06. The van der Waals surface area contributed by atoms with E-state index in [-0.39, 0.29) is 11.7 Å². The van der Waals surface area contributed by atoms with Gasteiger partial charge in [0.05, 0.1) is 0 Å². The summed E-state index contributed by atoms with van der Waals surface area (Å²) in [4.78, 5) is 6.79. The van der Waals surface area contributed by atoms with Crippen LogP contribution in [0.25, 0.3) is 11.1 Å². The molecule has 0 aliphatic carbocycles. The highest BCUT2D eigenvalue weighted by atomic mass is 19.1. The van der Waals surface area contributed by atoms with Crippen LogP contribution in [0.1, 0.15) is 25.3 Å². The maximum Gasteiger partial charge on any atom is 0.213 e. The minimum atomic E-state index is -0.444. The molecule has 25 heavy (non-hydrogen) atoms. The van der Waals surface area contributed by atoms with Crippen molar-refractivity contribution in [3.8, 4) is 17.0 Å². The average Bonchev–Trinajstić information content (AvgIpc) is 2.62. The van der Waals surface area contributed by atoms with Crippen molar-refractivity contribution in [3.05, 3.63) is 47.7 Å². The third-order valence-electron chi connectivity index (χ3n) is 5.64. The first-order valence-electron chi connectivity index (χ1n) is 8.85. The number of halogens is 2. The summed E-state index contributed by atoms with van der Waals surface area (Å²) in [6.07, 6.45) is 4.03. The molecule has 3 fully saturated rings. The second-order valence-electron chi connectivity index (χ2n) is 7.16. The minimum absolute atomic E-state index is 0.148. The normalized spacial score (nSPS) is 28.2. The van der Waals surface area contributed by atoms with E-state index in [1.54, 1.807) is 25.3 Å². The monoisotopic (exact) mass is 344 g/mol. The quantitative estimate of drug-likeness (QED) is 0.834. The number of rotatable bonds is 3. The molecule has 0 unspecified atom stereocenters. The van der Waals surface area contributed by atoms with Crippen LogP contribution in [0.2, 0.25) is 0 Å². The molecule has 2 atom stereocenters. The summed E-state index contributed by atoms with van der Waals surface area (Å²) in [7, 11) is 0. The lowest BCUT2D eigenvalue weighted by Crippen LogP contribution is -2.58. The Morgan fingerprint density at radius 3 is 2.52 bits per heavy atom. The molecule has 3 aliphatic rings. The van der Waals surface area contributed by atoms with Gasteiger partial charge in [0.2, 0.25) is 5.88 Å². The van der Waals surface area contributed by atoms with E-state index in [0.717, 1.165) is 13.1 Å². The molecule has 0 radical (unpaired) electrons. The predicted molar refractivity (Wildman–Crippen MR) is 92.5 cm³/mol. The van der Waals surface area contributed by atoms with Gasteiger partial charge in [-0.15, -0.1) is 0 Å². The van der Waals surface area contributed by atoms with Crippen molar-refractivity contribution in [3.63, 3.8) is 0 Å². The van der Waals surface area contributed by atoms with E-state index in [9.17, 15) is 8.78 Å². The molecule has 132 valence electrons. The number of pyridine rings is 1. The maximum absolute atomic E-state index is 14.1. The number of fused-ring (bicyclic) bond motifs is 3. The lowest BCUT2D eigenvalue weighted by atomic mass is 9.81. The molecule has 5 heteroatoms. The molecule has 0 N–H and O–H groups in total. The van der Waals surface area contributed by atoms with E-state index in [1.165, 1.54) is 25.0 Å². The fourth-order valence-corrected chi connectivity index (χ4v) is 4.07. The van der Waals surface area contributed by atoms with Crippen molar-refractivity contribution in [2.45, 2.75) is 38.8 Å². The molecule has 0 saturated carbocycles. The van der Waals surface area contributed by atoms with Gasteiger partial charge < -0.3 is 4.74 Å². The van der Waals surface area contributed by atoms with Gasteiger partial charge in [0, 0.05) is 29.4 Å². The van der Waals surface area contributed by atoms with Crippen LogP contribution < -0.4 is 4.74 Å². The van der Waals surface area contributed by atoms with Crippen LogP contribution in [0.5, 0.6) is 5.88 Å². The first kappa shape index (κ1) is 16.5. The Morgan fingerprint density at radius 2 is 1.88 bits per heavy atom.